The Balaban J connectivity index is 1.59. The second kappa shape index (κ2) is 7.66. The Hall–Kier alpha value is -2.79. The molecule has 1 aromatic heterocycles. The van der Waals surface area contributed by atoms with Crippen LogP contribution in [-0.4, -0.2) is 18.3 Å². The number of nitrogens with zero attached hydrogens (tertiary/aromatic N) is 2. The number of rotatable bonds is 6. The Kier molecular flexibility index (Phi) is 5.13. The lowest BCUT2D eigenvalue weighted by Gasteiger charge is -1.99. The Labute approximate surface area is 144 Å². The second-order valence-electron chi connectivity index (χ2n) is 4.90. The van der Waals surface area contributed by atoms with E-state index in [0.29, 0.717) is 16.6 Å². The Morgan fingerprint density at radius 2 is 1.96 bits per heavy atom. The van der Waals surface area contributed by atoms with Gasteiger partial charge in [0, 0.05) is 16.1 Å². The Bertz CT molecular complexity index is 828. The summed E-state index contributed by atoms with van der Waals surface area (Å²) in [5.74, 6) is 1.30. The summed E-state index contributed by atoms with van der Waals surface area (Å²) in [4.78, 5) is 9.60. The van der Waals surface area contributed by atoms with Crippen molar-refractivity contribution in [1.82, 2.24) is 4.98 Å². The largest absolute Gasteiger partial charge is 0.497 e. The molecule has 0 unspecified atom stereocenters. The molecule has 3 aromatic rings. The molecular formula is C18H15ClN2O3. The van der Waals surface area contributed by atoms with Gasteiger partial charge in [-0.15, -0.1) is 0 Å². The van der Waals surface area contributed by atoms with Crippen molar-refractivity contribution in [2.24, 2.45) is 5.16 Å². The highest BCUT2D eigenvalue weighted by atomic mass is 35.5. The zero-order valence-corrected chi connectivity index (χ0v) is 13.7. The van der Waals surface area contributed by atoms with E-state index in [0.717, 1.165) is 16.9 Å². The van der Waals surface area contributed by atoms with Gasteiger partial charge in [0.15, 0.2) is 6.61 Å². The van der Waals surface area contributed by atoms with Crippen LogP contribution in [0.1, 0.15) is 11.3 Å². The van der Waals surface area contributed by atoms with Gasteiger partial charge < -0.3 is 14.0 Å². The van der Waals surface area contributed by atoms with Gasteiger partial charge in [0.1, 0.15) is 17.7 Å². The molecule has 0 fully saturated rings. The van der Waals surface area contributed by atoms with Crippen LogP contribution in [0.4, 0.5) is 0 Å². The average molecular weight is 343 g/mol. The summed E-state index contributed by atoms with van der Waals surface area (Å²) in [6.45, 7) is 0.209. The van der Waals surface area contributed by atoms with Gasteiger partial charge in [-0.25, -0.2) is 4.98 Å². The predicted octanol–water partition coefficient (Wildman–Crippen LogP) is 4.55. The summed E-state index contributed by atoms with van der Waals surface area (Å²) in [6, 6.07) is 14.8. The topological polar surface area (TPSA) is 56.9 Å². The number of hydrogen-bond acceptors (Lipinski definition) is 5. The van der Waals surface area contributed by atoms with Gasteiger partial charge in [-0.1, -0.05) is 35.0 Å². The van der Waals surface area contributed by atoms with Crippen LogP contribution >= 0.6 is 11.6 Å². The SMILES string of the molecule is COc1ccc(-c2nc(CO/N=C/c3ccccc3Cl)co2)cc1. The number of oxime groups is 1. The van der Waals surface area contributed by atoms with Crippen LogP contribution in [0.3, 0.4) is 0 Å². The van der Waals surface area contributed by atoms with Gasteiger partial charge in [0.2, 0.25) is 5.89 Å². The van der Waals surface area contributed by atoms with Crippen LogP contribution in [0, 0.1) is 0 Å². The third-order valence-electron chi connectivity index (χ3n) is 3.27. The molecule has 2 aromatic carbocycles. The van der Waals surface area contributed by atoms with Crippen LogP contribution in [0.15, 0.2) is 64.4 Å². The van der Waals surface area contributed by atoms with Crippen LogP contribution < -0.4 is 4.74 Å². The number of benzene rings is 2. The summed E-state index contributed by atoms with van der Waals surface area (Å²) >= 11 is 6.03. The summed E-state index contributed by atoms with van der Waals surface area (Å²) < 4.78 is 10.6. The highest BCUT2D eigenvalue weighted by Gasteiger charge is 2.07. The molecule has 0 saturated carbocycles. The maximum Gasteiger partial charge on any atom is 0.226 e. The van der Waals surface area contributed by atoms with E-state index in [9.17, 15) is 0 Å². The van der Waals surface area contributed by atoms with Gasteiger partial charge >= 0.3 is 0 Å². The molecule has 0 radical (unpaired) electrons. The molecule has 122 valence electrons. The van der Waals surface area contributed by atoms with E-state index in [-0.39, 0.29) is 6.61 Å². The molecule has 0 aliphatic heterocycles. The van der Waals surface area contributed by atoms with Crippen molar-refractivity contribution in [1.29, 1.82) is 0 Å². The van der Waals surface area contributed by atoms with E-state index in [1.165, 1.54) is 0 Å². The lowest BCUT2D eigenvalue weighted by molar-refractivity contribution is 0.129. The lowest BCUT2D eigenvalue weighted by Crippen LogP contribution is -1.89. The molecule has 0 bridgehead atoms. The molecule has 6 heteroatoms. The smallest absolute Gasteiger partial charge is 0.226 e. The first kappa shape index (κ1) is 16.1. The number of ether oxygens (including phenoxy) is 1. The Morgan fingerprint density at radius 3 is 2.71 bits per heavy atom. The predicted molar refractivity (Wildman–Crippen MR) is 92.3 cm³/mol. The lowest BCUT2D eigenvalue weighted by atomic mass is 10.2. The van der Waals surface area contributed by atoms with Crippen LogP contribution in [0.2, 0.25) is 5.02 Å². The number of aromatic nitrogens is 1. The van der Waals surface area contributed by atoms with Crippen molar-refractivity contribution < 1.29 is 14.0 Å². The highest BCUT2D eigenvalue weighted by molar-refractivity contribution is 6.33. The van der Waals surface area contributed by atoms with E-state index in [2.05, 4.69) is 10.1 Å². The van der Waals surface area contributed by atoms with Crippen molar-refractivity contribution in [3.05, 3.63) is 71.1 Å². The number of methoxy groups -OCH3 is 1. The monoisotopic (exact) mass is 342 g/mol. The number of halogens is 1. The van der Waals surface area contributed by atoms with E-state index in [4.69, 9.17) is 25.6 Å². The molecular weight excluding hydrogens is 328 g/mol. The fraction of sp³-hybridized carbons (Fsp3) is 0.111. The molecule has 1 heterocycles. The fourth-order valence-electron chi connectivity index (χ4n) is 2.02. The molecule has 0 aliphatic carbocycles. The van der Waals surface area contributed by atoms with E-state index in [1.807, 2.05) is 42.5 Å². The minimum atomic E-state index is 0.209. The molecule has 0 N–H and O–H groups in total. The van der Waals surface area contributed by atoms with Gasteiger partial charge in [0.25, 0.3) is 0 Å². The Morgan fingerprint density at radius 1 is 1.17 bits per heavy atom. The first-order chi connectivity index (χ1) is 11.8. The van der Waals surface area contributed by atoms with Gasteiger partial charge in [-0.2, -0.15) is 0 Å². The van der Waals surface area contributed by atoms with E-state index < -0.39 is 0 Å². The summed E-state index contributed by atoms with van der Waals surface area (Å²) in [7, 11) is 1.62. The minimum Gasteiger partial charge on any atom is -0.497 e. The van der Waals surface area contributed by atoms with Crippen molar-refractivity contribution in [3.63, 3.8) is 0 Å². The molecule has 24 heavy (non-hydrogen) atoms. The number of hydrogen-bond donors (Lipinski definition) is 0. The molecule has 0 spiro atoms. The molecule has 0 amide bonds. The third-order valence-corrected chi connectivity index (χ3v) is 3.62. The molecule has 0 aliphatic rings. The summed E-state index contributed by atoms with van der Waals surface area (Å²) in [5, 5.41) is 4.51. The minimum absolute atomic E-state index is 0.209. The first-order valence-corrected chi connectivity index (χ1v) is 7.63. The fourth-order valence-corrected chi connectivity index (χ4v) is 2.20. The van der Waals surface area contributed by atoms with Crippen LogP contribution in [0.25, 0.3) is 11.5 Å². The number of oxazole rings is 1. The van der Waals surface area contributed by atoms with Crippen LogP contribution in [-0.2, 0) is 11.4 Å². The molecule has 3 rings (SSSR count). The van der Waals surface area contributed by atoms with E-state index in [1.54, 1.807) is 25.7 Å². The standard InChI is InChI=1S/C18H15ClN2O3/c1-22-16-8-6-13(7-9-16)18-21-15(11-23-18)12-24-20-10-14-4-2-3-5-17(14)19/h2-11H,12H2,1H3/b20-10+. The zero-order valence-electron chi connectivity index (χ0n) is 13.0. The summed E-state index contributed by atoms with van der Waals surface area (Å²) in [6.07, 6.45) is 3.11. The quantitative estimate of drug-likeness (QED) is 0.487. The third kappa shape index (κ3) is 3.94. The van der Waals surface area contributed by atoms with Crippen molar-refractivity contribution in [3.8, 4) is 17.2 Å². The van der Waals surface area contributed by atoms with Crippen molar-refractivity contribution >= 4 is 17.8 Å². The van der Waals surface area contributed by atoms with Gasteiger partial charge in [0.05, 0.1) is 13.3 Å². The average Bonchev–Trinajstić information content (AvgIpc) is 3.09. The normalized spacial score (nSPS) is 10.9. The van der Waals surface area contributed by atoms with E-state index >= 15 is 0 Å². The van der Waals surface area contributed by atoms with Crippen LogP contribution in [0.5, 0.6) is 5.75 Å². The van der Waals surface area contributed by atoms with Gasteiger partial charge in [-0.3, -0.25) is 0 Å². The maximum atomic E-state index is 6.03. The van der Waals surface area contributed by atoms with Gasteiger partial charge in [-0.05, 0) is 30.3 Å². The first-order valence-electron chi connectivity index (χ1n) is 7.25. The maximum absolute atomic E-state index is 6.03. The zero-order chi connectivity index (χ0) is 16.8. The summed E-state index contributed by atoms with van der Waals surface area (Å²) in [5.41, 5.74) is 2.30. The molecule has 5 nitrogen and oxygen atoms in total. The van der Waals surface area contributed by atoms with Crippen molar-refractivity contribution in [2.45, 2.75) is 6.61 Å². The second-order valence-corrected chi connectivity index (χ2v) is 5.31. The molecule has 0 saturated heterocycles. The van der Waals surface area contributed by atoms with Crippen molar-refractivity contribution in [2.75, 3.05) is 7.11 Å². The molecule has 0 atom stereocenters. The highest BCUT2D eigenvalue weighted by Crippen LogP contribution is 2.22.